The summed E-state index contributed by atoms with van der Waals surface area (Å²) >= 11 is 1.40. The molecule has 66 valence electrons. The van der Waals surface area contributed by atoms with Crippen LogP contribution < -0.4 is 0 Å². The average Bonchev–Trinajstić information content (AvgIpc) is 2.01. The minimum absolute atomic E-state index is 0.743. The topological polar surface area (TPSA) is 24.8 Å². The van der Waals surface area contributed by atoms with E-state index in [9.17, 15) is 0 Å². The van der Waals surface area contributed by atoms with E-state index >= 15 is 0 Å². The number of hydrogen-bond donors (Lipinski definition) is 0. The van der Waals surface area contributed by atoms with Gasteiger partial charge in [-0.3, -0.25) is 4.99 Å². The van der Waals surface area contributed by atoms with E-state index < -0.39 is 0 Å². The first-order chi connectivity index (χ1) is 5.31. The Kier molecular flexibility index (Phi) is 7.72. The number of rotatable bonds is 6. The molecule has 4 heteroatoms. The fraction of sp³-hybridized carbons (Fsp3) is 0.857. The van der Waals surface area contributed by atoms with E-state index in [4.69, 9.17) is 4.18 Å². The zero-order valence-electron chi connectivity index (χ0n) is 7.41. The van der Waals surface area contributed by atoms with Gasteiger partial charge in [0.2, 0.25) is 0 Å². The normalized spacial score (nSPS) is 10.8. The molecule has 0 rings (SSSR count). The molecule has 0 radical (unpaired) electrons. The van der Waals surface area contributed by atoms with E-state index in [1.165, 1.54) is 12.0 Å². The Morgan fingerprint density at radius 1 is 1.64 bits per heavy atom. The average molecular weight is 176 g/mol. The molecule has 0 aromatic rings. The van der Waals surface area contributed by atoms with Crippen LogP contribution in [0.5, 0.6) is 0 Å². The monoisotopic (exact) mass is 176 g/mol. The zero-order valence-corrected chi connectivity index (χ0v) is 8.23. The van der Waals surface area contributed by atoms with Crippen LogP contribution in [0.3, 0.4) is 0 Å². The third kappa shape index (κ3) is 7.68. The van der Waals surface area contributed by atoms with Crippen molar-refractivity contribution < 1.29 is 4.18 Å². The molecule has 0 fully saturated rings. The Morgan fingerprint density at radius 2 is 2.36 bits per heavy atom. The lowest BCUT2D eigenvalue weighted by molar-refractivity contribution is 0.329. The van der Waals surface area contributed by atoms with E-state index in [1.807, 2.05) is 31.5 Å². The number of aliphatic imine (C=N–C) groups is 1. The molecule has 0 saturated carbocycles. The summed E-state index contributed by atoms with van der Waals surface area (Å²) in [5.74, 6) is 0. The third-order valence-electron chi connectivity index (χ3n) is 1.11. The molecule has 0 saturated heterocycles. The molecule has 0 atom stereocenters. The quantitative estimate of drug-likeness (QED) is 0.264. The lowest BCUT2D eigenvalue weighted by Gasteiger charge is -2.11. The molecule has 0 unspecified atom stereocenters. The first kappa shape index (κ1) is 10.8. The SMILES string of the molecule is CC/N=C\N(C)CCOSC. The van der Waals surface area contributed by atoms with Crippen LogP contribution in [0.25, 0.3) is 0 Å². The second-order valence-corrected chi connectivity index (χ2v) is 2.65. The van der Waals surface area contributed by atoms with Crippen molar-refractivity contribution in [1.82, 2.24) is 4.90 Å². The van der Waals surface area contributed by atoms with Gasteiger partial charge in [-0.05, 0) is 19.0 Å². The summed E-state index contributed by atoms with van der Waals surface area (Å²) in [4.78, 5) is 6.10. The molecule has 0 N–H and O–H groups in total. The van der Waals surface area contributed by atoms with Gasteiger partial charge in [-0.15, -0.1) is 0 Å². The van der Waals surface area contributed by atoms with Crippen molar-refractivity contribution in [3.8, 4) is 0 Å². The predicted octanol–water partition coefficient (Wildman–Crippen LogP) is 1.26. The molecule has 0 bridgehead atoms. The largest absolute Gasteiger partial charge is 0.364 e. The van der Waals surface area contributed by atoms with Crippen LogP contribution >= 0.6 is 12.0 Å². The van der Waals surface area contributed by atoms with E-state index in [0.717, 1.165) is 19.7 Å². The third-order valence-corrected chi connectivity index (χ3v) is 1.51. The van der Waals surface area contributed by atoms with Gasteiger partial charge in [-0.2, -0.15) is 0 Å². The lowest BCUT2D eigenvalue weighted by atomic mass is 10.6. The molecule has 0 spiro atoms. The van der Waals surface area contributed by atoms with Crippen LogP contribution in [-0.2, 0) is 4.18 Å². The highest BCUT2D eigenvalue weighted by atomic mass is 32.2. The van der Waals surface area contributed by atoms with Crippen LogP contribution in [0.1, 0.15) is 6.92 Å². The van der Waals surface area contributed by atoms with Gasteiger partial charge in [0.25, 0.3) is 0 Å². The predicted molar refractivity (Wildman–Crippen MR) is 51.1 cm³/mol. The van der Waals surface area contributed by atoms with Gasteiger partial charge in [0, 0.05) is 26.4 Å². The van der Waals surface area contributed by atoms with Crippen LogP contribution in [0.2, 0.25) is 0 Å². The fourth-order valence-electron chi connectivity index (χ4n) is 0.543. The summed E-state index contributed by atoms with van der Waals surface area (Å²) < 4.78 is 5.10. The summed E-state index contributed by atoms with van der Waals surface area (Å²) in [6.07, 6.45) is 3.75. The van der Waals surface area contributed by atoms with Crippen molar-refractivity contribution in [2.45, 2.75) is 6.92 Å². The number of hydrogen-bond acceptors (Lipinski definition) is 3. The second kappa shape index (κ2) is 7.88. The summed E-state index contributed by atoms with van der Waals surface area (Å²) in [5, 5.41) is 0. The highest BCUT2D eigenvalue weighted by Gasteiger charge is 1.90. The Morgan fingerprint density at radius 3 is 2.91 bits per heavy atom. The molecule has 3 nitrogen and oxygen atoms in total. The van der Waals surface area contributed by atoms with Crippen LogP contribution in [-0.4, -0.2) is 44.2 Å². The molecular weight excluding hydrogens is 160 g/mol. The van der Waals surface area contributed by atoms with E-state index in [1.54, 1.807) is 0 Å². The van der Waals surface area contributed by atoms with Crippen molar-refractivity contribution in [1.29, 1.82) is 0 Å². The molecule has 0 aliphatic heterocycles. The molecule has 0 aromatic carbocycles. The number of nitrogens with zero attached hydrogens (tertiary/aromatic N) is 2. The van der Waals surface area contributed by atoms with Crippen molar-refractivity contribution in [3.63, 3.8) is 0 Å². The van der Waals surface area contributed by atoms with Crippen molar-refractivity contribution in [2.24, 2.45) is 4.99 Å². The molecule has 0 heterocycles. The molecule has 0 amide bonds. The van der Waals surface area contributed by atoms with Crippen molar-refractivity contribution >= 4 is 18.4 Å². The molecular formula is C7H16N2OS. The van der Waals surface area contributed by atoms with E-state index in [2.05, 4.69) is 4.99 Å². The van der Waals surface area contributed by atoms with Gasteiger partial charge in [0.1, 0.15) is 0 Å². The van der Waals surface area contributed by atoms with Crippen LogP contribution in [0.15, 0.2) is 4.99 Å². The van der Waals surface area contributed by atoms with Gasteiger partial charge in [0.15, 0.2) is 0 Å². The minimum Gasteiger partial charge on any atom is -0.364 e. The molecule has 0 aromatic heterocycles. The number of likely N-dealkylation sites (N-methyl/N-ethyl adjacent to an activating group) is 1. The van der Waals surface area contributed by atoms with Crippen LogP contribution in [0, 0.1) is 0 Å². The maximum Gasteiger partial charge on any atom is 0.0847 e. The van der Waals surface area contributed by atoms with Gasteiger partial charge in [0.05, 0.1) is 12.9 Å². The first-order valence-corrected chi connectivity index (χ1v) is 4.82. The Hall–Kier alpha value is -0.220. The zero-order chi connectivity index (χ0) is 8.53. The maximum absolute atomic E-state index is 5.10. The van der Waals surface area contributed by atoms with Gasteiger partial charge in [-0.1, -0.05) is 0 Å². The highest BCUT2D eigenvalue weighted by molar-refractivity contribution is 7.93. The summed E-state index contributed by atoms with van der Waals surface area (Å²) in [6, 6.07) is 0. The fourth-order valence-corrected chi connectivity index (χ4v) is 0.785. The standard InChI is InChI=1S/C7H16N2OS/c1-4-8-7-9(2)5-6-10-11-3/h7H,4-6H2,1-3H3/b8-7-. The molecule has 11 heavy (non-hydrogen) atoms. The van der Waals surface area contributed by atoms with Gasteiger partial charge in [-0.25, -0.2) is 0 Å². The maximum atomic E-state index is 5.10. The van der Waals surface area contributed by atoms with Crippen molar-refractivity contribution in [3.05, 3.63) is 0 Å². The van der Waals surface area contributed by atoms with E-state index in [-0.39, 0.29) is 0 Å². The smallest absolute Gasteiger partial charge is 0.0847 e. The highest BCUT2D eigenvalue weighted by Crippen LogP contribution is 1.93. The van der Waals surface area contributed by atoms with Crippen LogP contribution in [0.4, 0.5) is 0 Å². The lowest BCUT2D eigenvalue weighted by Crippen LogP contribution is -2.20. The van der Waals surface area contributed by atoms with Crippen molar-refractivity contribution in [2.75, 3.05) is 33.0 Å². The van der Waals surface area contributed by atoms with Gasteiger partial charge >= 0.3 is 0 Å². The minimum atomic E-state index is 0.743. The Balaban J connectivity index is 3.21. The summed E-state index contributed by atoms with van der Waals surface area (Å²) in [5.41, 5.74) is 0. The van der Waals surface area contributed by atoms with E-state index in [0.29, 0.717) is 0 Å². The summed E-state index contributed by atoms with van der Waals surface area (Å²) in [6.45, 7) is 4.49. The second-order valence-electron chi connectivity index (χ2n) is 2.08. The first-order valence-electron chi connectivity index (χ1n) is 3.67. The van der Waals surface area contributed by atoms with Gasteiger partial charge < -0.3 is 9.08 Å². The Labute approximate surface area is 73.0 Å². The molecule has 0 aliphatic carbocycles. The summed E-state index contributed by atoms with van der Waals surface area (Å²) in [7, 11) is 1.99. The molecule has 0 aliphatic rings. The Bertz CT molecular complexity index is 109.